The van der Waals surface area contributed by atoms with E-state index < -0.39 is 60.5 Å². The highest BCUT2D eigenvalue weighted by Crippen LogP contribution is 2.40. The van der Waals surface area contributed by atoms with Crippen LogP contribution in [0, 0.1) is 18.6 Å². The van der Waals surface area contributed by atoms with Gasteiger partial charge in [0.25, 0.3) is 5.91 Å². The summed E-state index contributed by atoms with van der Waals surface area (Å²) >= 11 is 5.77. The molecule has 0 saturated carbocycles. The molecule has 0 radical (unpaired) electrons. The minimum absolute atomic E-state index is 0.0277. The largest absolute Gasteiger partial charge is 0.456 e. The van der Waals surface area contributed by atoms with E-state index in [0.717, 1.165) is 43.4 Å². The van der Waals surface area contributed by atoms with E-state index in [1.807, 2.05) is 4.72 Å². The van der Waals surface area contributed by atoms with Crippen LogP contribution in [-0.4, -0.2) is 21.4 Å². The molecule has 35 heavy (non-hydrogen) atoms. The quantitative estimate of drug-likeness (QED) is 0.386. The van der Waals surface area contributed by atoms with Gasteiger partial charge in [-0.05, 0) is 68.1 Å². The number of benzene rings is 3. The first-order chi connectivity index (χ1) is 16.2. The van der Waals surface area contributed by atoms with E-state index >= 15 is 0 Å². The lowest BCUT2D eigenvalue weighted by atomic mass is 10.1. The Balaban J connectivity index is 2.07. The molecule has 0 heterocycles. The highest BCUT2D eigenvalue weighted by molar-refractivity contribution is 7.89. The summed E-state index contributed by atoms with van der Waals surface area (Å²) in [6.07, 6.45) is -4.88. The number of sulfonamides is 1. The summed E-state index contributed by atoms with van der Waals surface area (Å²) < 4.78 is 99.1. The predicted molar refractivity (Wildman–Crippen MR) is 118 cm³/mol. The molecule has 3 aromatic carbocycles. The number of rotatable bonds is 6. The molecule has 0 spiro atoms. The molecule has 0 aliphatic rings. The molecule has 13 heteroatoms. The van der Waals surface area contributed by atoms with E-state index in [9.17, 15) is 35.2 Å². The Morgan fingerprint density at radius 2 is 1.69 bits per heavy atom. The summed E-state index contributed by atoms with van der Waals surface area (Å²) in [5.74, 6) is -3.32. The number of anilines is 1. The van der Waals surface area contributed by atoms with Crippen molar-refractivity contribution in [2.24, 2.45) is 0 Å². The van der Waals surface area contributed by atoms with E-state index in [0.29, 0.717) is 6.07 Å². The maximum atomic E-state index is 14.0. The number of alkyl halides is 3. The summed E-state index contributed by atoms with van der Waals surface area (Å²) in [6, 6.07) is 7.18. The second kappa shape index (κ2) is 9.80. The predicted octanol–water partition coefficient (Wildman–Crippen LogP) is 5.90. The molecule has 3 aromatic rings. The number of hydrogen-bond donors (Lipinski definition) is 2. The molecule has 0 aliphatic heterocycles. The molecular weight excluding hydrogens is 519 g/mol. The molecule has 0 aromatic heterocycles. The van der Waals surface area contributed by atoms with Crippen LogP contribution in [0.4, 0.5) is 27.6 Å². The summed E-state index contributed by atoms with van der Waals surface area (Å²) in [4.78, 5) is 12.2. The minimum atomic E-state index is -4.88. The Kier molecular flexibility index (Phi) is 7.39. The van der Waals surface area contributed by atoms with Crippen LogP contribution < -0.4 is 14.8 Å². The Hall–Kier alpha value is -3.22. The van der Waals surface area contributed by atoms with Crippen LogP contribution in [0.3, 0.4) is 0 Å². The van der Waals surface area contributed by atoms with Crippen molar-refractivity contribution in [2.75, 3.05) is 12.4 Å². The van der Waals surface area contributed by atoms with E-state index in [1.165, 1.54) is 13.0 Å². The third-order valence-corrected chi connectivity index (χ3v) is 6.47. The van der Waals surface area contributed by atoms with Gasteiger partial charge in [0.2, 0.25) is 10.0 Å². The fourth-order valence-corrected chi connectivity index (χ4v) is 4.07. The fourth-order valence-electron chi connectivity index (χ4n) is 2.97. The highest BCUT2D eigenvalue weighted by Gasteiger charge is 2.35. The zero-order valence-corrected chi connectivity index (χ0v) is 19.5. The SMILES string of the molecule is CNS(=O)(=O)c1cc(NC(=O)c2cc(Cl)c(C(F)(F)F)cc2Oc2ccc(F)cc2C)ccc1F. The van der Waals surface area contributed by atoms with Gasteiger partial charge in [-0.1, -0.05) is 11.6 Å². The maximum Gasteiger partial charge on any atom is 0.417 e. The van der Waals surface area contributed by atoms with Crippen molar-refractivity contribution in [1.82, 2.24) is 4.72 Å². The molecule has 3 rings (SSSR count). The van der Waals surface area contributed by atoms with Crippen LogP contribution in [0.25, 0.3) is 0 Å². The first-order valence-corrected chi connectivity index (χ1v) is 11.5. The molecule has 1 amide bonds. The molecule has 6 nitrogen and oxygen atoms in total. The number of carbonyl (C=O) groups excluding carboxylic acids is 1. The van der Waals surface area contributed by atoms with Crippen LogP contribution in [-0.2, 0) is 16.2 Å². The number of hydrogen-bond acceptors (Lipinski definition) is 4. The molecular formula is C22H16ClF5N2O4S. The van der Waals surface area contributed by atoms with Gasteiger partial charge in [0.1, 0.15) is 28.0 Å². The normalized spacial score (nSPS) is 11.9. The van der Waals surface area contributed by atoms with Crippen molar-refractivity contribution >= 4 is 33.2 Å². The number of ether oxygens (including phenoxy) is 1. The Morgan fingerprint density at radius 1 is 1.00 bits per heavy atom. The molecule has 0 atom stereocenters. The Bertz CT molecular complexity index is 1410. The number of aryl methyl sites for hydroxylation is 1. The number of halogens is 6. The van der Waals surface area contributed by atoms with Gasteiger partial charge in [0, 0.05) is 5.69 Å². The van der Waals surface area contributed by atoms with Gasteiger partial charge in [0.15, 0.2) is 0 Å². The first kappa shape index (κ1) is 26.4. The molecule has 0 unspecified atom stereocenters. The third kappa shape index (κ3) is 5.89. The first-order valence-electron chi connectivity index (χ1n) is 9.62. The van der Waals surface area contributed by atoms with Gasteiger partial charge >= 0.3 is 6.18 Å². The average molecular weight is 535 g/mol. The van der Waals surface area contributed by atoms with Crippen molar-refractivity contribution in [3.63, 3.8) is 0 Å². The highest BCUT2D eigenvalue weighted by atomic mass is 35.5. The standard InChI is InChI=1S/C22H16ClF5N2O4S/c1-11-7-12(24)3-6-18(11)34-19-10-15(22(26,27)28)16(23)9-14(19)21(31)30-13-4-5-17(25)20(8-13)35(32,33)29-2/h3-10,29H,1-2H3,(H,30,31). The van der Waals surface area contributed by atoms with Crippen molar-refractivity contribution < 1.29 is 39.9 Å². The summed E-state index contributed by atoms with van der Waals surface area (Å²) in [5.41, 5.74) is -1.67. The van der Waals surface area contributed by atoms with Gasteiger partial charge in [-0.2, -0.15) is 13.2 Å². The topological polar surface area (TPSA) is 84.5 Å². The van der Waals surface area contributed by atoms with Gasteiger partial charge in [0.05, 0.1) is 16.1 Å². The van der Waals surface area contributed by atoms with Gasteiger partial charge < -0.3 is 10.1 Å². The smallest absolute Gasteiger partial charge is 0.417 e. The lowest BCUT2D eigenvalue weighted by Crippen LogP contribution is -2.20. The number of amides is 1. The van der Waals surface area contributed by atoms with E-state index in [2.05, 4.69) is 5.32 Å². The fraction of sp³-hybridized carbons (Fsp3) is 0.136. The van der Waals surface area contributed by atoms with E-state index in [4.69, 9.17) is 16.3 Å². The van der Waals surface area contributed by atoms with Crippen molar-refractivity contribution in [1.29, 1.82) is 0 Å². The second-order valence-electron chi connectivity index (χ2n) is 7.14. The summed E-state index contributed by atoms with van der Waals surface area (Å²) in [5, 5.41) is 1.48. The van der Waals surface area contributed by atoms with Crippen LogP contribution in [0.5, 0.6) is 11.5 Å². The lowest BCUT2D eigenvalue weighted by molar-refractivity contribution is -0.137. The van der Waals surface area contributed by atoms with Gasteiger partial charge in [-0.3, -0.25) is 4.79 Å². The van der Waals surface area contributed by atoms with Crippen LogP contribution >= 0.6 is 11.6 Å². The maximum absolute atomic E-state index is 14.0. The van der Waals surface area contributed by atoms with Crippen molar-refractivity contribution in [3.05, 3.63) is 81.9 Å². The molecule has 2 N–H and O–H groups in total. The second-order valence-corrected chi connectivity index (χ2v) is 9.41. The molecule has 0 saturated heterocycles. The van der Waals surface area contributed by atoms with Crippen LogP contribution in [0.2, 0.25) is 5.02 Å². The van der Waals surface area contributed by atoms with Crippen LogP contribution in [0.15, 0.2) is 53.4 Å². The Morgan fingerprint density at radius 3 is 2.29 bits per heavy atom. The zero-order valence-electron chi connectivity index (χ0n) is 17.9. The summed E-state index contributed by atoms with van der Waals surface area (Å²) in [7, 11) is -3.15. The zero-order chi connectivity index (χ0) is 26.1. The van der Waals surface area contributed by atoms with Crippen molar-refractivity contribution in [3.8, 4) is 11.5 Å². The molecule has 186 valence electrons. The number of carbonyl (C=O) groups is 1. The molecule has 0 fully saturated rings. The van der Waals surface area contributed by atoms with Crippen LogP contribution in [0.1, 0.15) is 21.5 Å². The Labute approximate surface area is 201 Å². The van der Waals surface area contributed by atoms with Gasteiger partial charge in [-0.15, -0.1) is 0 Å². The number of nitrogens with one attached hydrogen (secondary N) is 2. The molecule has 0 bridgehead atoms. The lowest BCUT2D eigenvalue weighted by Gasteiger charge is -2.17. The average Bonchev–Trinajstić information content (AvgIpc) is 2.76. The third-order valence-electron chi connectivity index (χ3n) is 4.72. The van der Waals surface area contributed by atoms with E-state index in [1.54, 1.807) is 0 Å². The van der Waals surface area contributed by atoms with Crippen molar-refractivity contribution in [2.45, 2.75) is 18.0 Å². The summed E-state index contributed by atoms with van der Waals surface area (Å²) in [6.45, 7) is 1.45. The molecule has 0 aliphatic carbocycles. The monoisotopic (exact) mass is 534 g/mol. The van der Waals surface area contributed by atoms with E-state index in [-0.39, 0.29) is 17.0 Å². The van der Waals surface area contributed by atoms with Gasteiger partial charge in [-0.25, -0.2) is 21.9 Å². The minimum Gasteiger partial charge on any atom is -0.456 e.